The van der Waals surface area contributed by atoms with Gasteiger partial charge < -0.3 is 5.32 Å². The van der Waals surface area contributed by atoms with Gasteiger partial charge in [-0.15, -0.1) is 11.8 Å². The summed E-state index contributed by atoms with van der Waals surface area (Å²) in [6, 6.07) is 4.88. The minimum atomic E-state index is -0.302. The molecule has 3 rings (SSSR count). The fourth-order valence-corrected chi connectivity index (χ4v) is 3.45. The number of hydrogen-bond donors (Lipinski definition) is 2. The Morgan fingerprint density at radius 3 is 3.11 bits per heavy atom. The molecule has 2 aromatic rings. The van der Waals surface area contributed by atoms with Crippen LogP contribution in [0.4, 0.5) is 10.2 Å². The van der Waals surface area contributed by atoms with E-state index < -0.39 is 0 Å². The molecular weight excluding hydrogens is 333 g/mol. The summed E-state index contributed by atoms with van der Waals surface area (Å²) < 4.78 is 13.7. The van der Waals surface area contributed by atoms with Gasteiger partial charge in [-0.1, -0.05) is 6.07 Å². The number of halogens is 2. The van der Waals surface area contributed by atoms with Crippen molar-refractivity contribution in [1.29, 1.82) is 0 Å². The van der Waals surface area contributed by atoms with Crippen LogP contribution in [0.15, 0.2) is 28.9 Å². The first-order valence-electron chi connectivity index (χ1n) is 5.55. The summed E-state index contributed by atoms with van der Waals surface area (Å²) in [4.78, 5) is 11.6. The van der Waals surface area contributed by atoms with Crippen molar-refractivity contribution in [1.82, 2.24) is 10.2 Å². The number of hydrogen-bond acceptors (Lipinski definition) is 3. The van der Waals surface area contributed by atoms with Crippen molar-refractivity contribution >= 4 is 39.4 Å². The molecule has 1 atom stereocenters. The summed E-state index contributed by atoms with van der Waals surface area (Å²) in [5.41, 5.74) is 1.83. The number of fused-ring (bicyclic) bond motifs is 1. The van der Waals surface area contributed by atoms with Gasteiger partial charge in [-0.3, -0.25) is 9.89 Å². The molecule has 1 amide bonds. The molecule has 1 aliphatic rings. The standard InChI is InChI=1S/C12H9BrFN3OS/c13-8-3-6(1-2-9(8)14)11-7-4-15-17-12(7)16-10(18)5-19-11/h1-4,11H,5H2,(H2,15,16,17,18)/t11-/m0/s1. The van der Waals surface area contributed by atoms with E-state index in [1.54, 1.807) is 18.3 Å². The molecule has 0 bridgehead atoms. The Balaban J connectivity index is 2.05. The molecule has 1 aliphatic heterocycles. The van der Waals surface area contributed by atoms with Crippen molar-refractivity contribution in [3.8, 4) is 0 Å². The van der Waals surface area contributed by atoms with Crippen molar-refractivity contribution in [2.45, 2.75) is 5.25 Å². The lowest BCUT2D eigenvalue weighted by Crippen LogP contribution is -2.12. The van der Waals surface area contributed by atoms with Crippen LogP contribution in [0.2, 0.25) is 0 Å². The van der Waals surface area contributed by atoms with Crippen LogP contribution < -0.4 is 5.32 Å². The molecule has 4 nitrogen and oxygen atoms in total. The number of aromatic amines is 1. The average molecular weight is 342 g/mol. The number of thioether (sulfide) groups is 1. The van der Waals surface area contributed by atoms with Gasteiger partial charge in [-0.2, -0.15) is 5.10 Å². The monoisotopic (exact) mass is 341 g/mol. The average Bonchev–Trinajstić information content (AvgIpc) is 2.76. The van der Waals surface area contributed by atoms with E-state index in [1.165, 1.54) is 17.8 Å². The molecule has 2 heterocycles. The normalized spacial score (nSPS) is 18.6. The Kier molecular flexibility index (Phi) is 3.32. The molecule has 7 heteroatoms. The molecule has 0 radical (unpaired) electrons. The number of carbonyl (C=O) groups is 1. The summed E-state index contributed by atoms with van der Waals surface area (Å²) >= 11 is 4.68. The first-order chi connectivity index (χ1) is 9.15. The van der Waals surface area contributed by atoms with Crippen molar-refractivity contribution in [3.05, 3.63) is 45.8 Å². The lowest BCUT2D eigenvalue weighted by atomic mass is 10.1. The van der Waals surface area contributed by atoms with Gasteiger partial charge in [0.15, 0.2) is 0 Å². The molecule has 0 unspecified atom stereocenters. The first-order valence-corrected chi connectivity index (χ1v) is 7.39. The third-order valence-corrected chi connectivity index (χ3v) is 4.74. The predicted octanol–water partition coefficient (Wildman–Crippen LogP) is 3.09. The van der Waals surface area contributed by atoms with Gasteiger partial charge in [0.25, 0.3) is 0 Å². The van der Waals surface area contributed by atoms with Crippen LogP contribution in [0.3, 0.4) is 0 Å². The van der Waals surface area contributed by atoms with Crippen LogP contribution in [-0.2, 0) is 4.79 Å². The number of nitrogens with zero attached hydrogens (tertiary/aromatic N) is 1. The number of aromatic nitrogens is 2. The summed E-state index contributed by atoms with van der Waals surface area (Å²) in [6.45, 7) is 0. The van der Waals surface area contributed by atoms with E-state index in [0.29, 0.717) is 16.0 Å². The number of nitrogens with one attached hydrogen (secondary N) is 2. The summed E-state index contributed by atoms with van der Waals surface area (Å²) in [7, 11) is 0. The van der Waals surface area contributed by atoms with E-state index in [1.807, 2.05) is 0 Å². The summed E-state index contributed by atoms with van der Waals surface area (Å²) in [5.74, 6) is 0.589. The second-order valence-corrected chi connectivity index (χ2v) is 6.06. The van der Waals surface area contributed by atoms with Gasteiger partial charge in [0, 0.05) is 5.56 Å². The zero-order valence-corrected chi connectivity index (χ0v) is 12.0. The third-order valence-electron chi connectivity index (χ3n) is 2.84. The smallest absolute Gasteiger partial charge is 0.235 e. The quantitative estimate of drug-likeness (QED) is 0.837. The number of H-pyrrole nitrogens is 1. The molecule has 0 fully saturated rings. The van der Waals surface area contributed by atoms with Gasteiger partial charge in [0.1, 0.15) is 11.6 Å². The van der Waals surface area contributed by atoms with E-state index in [4.69, 9.17) is 0 Å². The van der Waals surface area contributed by atoms with Crippen molar-refractivity contribution in [2.75, 3.05) is 11.1 Å². The largest absolute Gasteiger partial charge is 0.310 e. The Bertz CT molecular complexity index is 646. The van der Waals surface area contributed by atoms with Crippen LogP contribution in [0.5, 0.6) is 0 Å². The van der Waals surface area contributed by atoms with Gasteiger partial charge in [0.05, 0.1) is 21.7 Å². The van der Waals surface area contributed by atoms with Crippen LogP contribution in [0.25, 0.3) is 0 Å². The molecule has 0 saturated carbocycles. The van der Waals surface area contributed by atoms with Crippen molar-refractivity contribution in [2.24, 2.45) is 0 Å². The number of rotatable bonds is 1. The van der Waals surface area contributed by atoms with E-state index in [2.05, 4.69) is 31.4 Å². The number of carbonyl (C=O) groups excluding carboxylic acids is 1. The SMILES string of the molecule is O=C1CS[C@@H](c2ccc(F)c(Br)c2)c2cn[nH]c2N1. The summed E-state index contributed by atoms with van der Waals surface area (Å²) in [6.07, 6.45) is 1.69. The summed E-state index contributed by atoms with van der Waals surface area (Å²) in [5, 5.41) is 9.44. The molecule has 0 spiro atoms. The third kappa shape index (κ3) is 2.40. The maximum atomic E-state index is 13.3. The van der Waals surface area contributed by atoms with Crippen LogP contribution >= 0.6 is 27.7 Å². The molecule has 98 valence electrons. The molecule has 0 saturated heterocycles. The molecule has 1 aromatic heterocycles. The number of anilines is 1. The fourth-order valence-electron chi connectivity index (χ4n) is 1.97. The predicted molar refractivity (Wildman–Crippen MR) is 75.6 cm³/mol. The second-order valence-electron chi connectivity index (χ2n) is 4.11. The van der Waals surface area contributed by atoms with E-state index in [9.17, 15) is 9.18 Å². The molecule has 2 N–H and O–H groups in total. The molecule has 0 aliphatic carbocycles. The molecule has 19 heavy (non-hydrogen) atoms. The number of amides is 1. The Morgan fingerprint density at radius 2 is 2.32 bits per heavy atom. The minimum Gasteiger partial charge on any atom is -0.310 e. The zero-order valence-electron chi connectivity index (χ0n) is 9.61. The minimum absolute atomic E-state index is 0.0513. The lowest BCUT2D eigenvalue weighted by molar-refractivity contribution is -0.113. The van der Waals surface area contributed by atoms with Crippen LogP contribution in [0, 0.1) is 5.82 Å². The van der Waals surface area contributed by atoms with Crippen LogP contribution in [-0.4, -0.2) is 21.9 Å². The maximum Gasteiger partial charge on any atom is 0.235 e. The highest BCUT2D eigenvalue weighted by molar-refractivity contribution is 9.10. The van der Waals surface area contributed by atoms with E-state index in [0.717, 1.165) is 11.1 Å². The second kappa shape index (κ2) is 4.97. The Labute approximate surface area is 121 Å². The molecule has 1 aromatic carbocycles. The van der Waals surface area contributed by atoms with Crippen molar-refractivity contribution < 1.29 is 9.18 Å². The van der Waals surface area contributed by atoms with Gasteiger partial charge in [-0.05, 0) is 33.6 Å². The lowest BCUT2D eigenvalue weighted by Gasteiger charge is -2.14. The molecular formula is C12H9BrFN3OS. The van der Waals surface area contributed by atoms with Crippen LogP contribution in [0.1, 0.15) is 16.4 Å². The van der Waals surface area contributed by atoms with Gasteiger partial charge >= 0.3 is 0 Å². The van der Waals surface area contributed by atoms with Crippen molar-refractivity contribution in [3.63, 3.8) is 0 Å². The zero-order chi connectivity index (χ0) is 13.4. The van der Waals surface area contributed by atoms with Gasteiger partial charge in [-0.25, -0.2) is 4.39 Å². The highest BCUT2D eigenvalue weighted by Gasteiger charge is 2.26. The first kappa shape index (κ1) is 12.7. The number of benzene rings is 1. The van der Waals surface area contributed by atoms with Gasteiger partial charge in [0.2, 0.25) is 5.91 Å². The fraction of sp³-hybridized carbons (Fsp3) is 0.167. The van der Waals surface area contributed by atoms with E-state index >= 15 is 0 Å². The topological polar surface area (TPSA) is 57.8 Å². The highest BCUT2D eigenvalue weighted by atomic mass is 79.9. The maximum absolute atomic E-state index is 13.3. The van der Waals surface area contributed by atoms with E-state index in [-0.39, 0.29) is 17.0 Å². The Morgan fingerprint density at radius 1 is 1.47 bits per heavy atom. The highest BCUT2D eigenvalue weighted by Crippen LogP contribution is 2.41. The Hall–Kier alpha value is -1.34.